The Balaban J connectivity index is 3.10. The fourth-order valence-electron chi connectivity index (χ4n) is 1.32. The van der Waals surface area contributed by atoms with Gasteiger partial charge in [-0.1, -0.05) is 51.1 Å². The molecule has 0 spiro atoms. The molecule has 94 valence electrons. The number of hydrogen-bond acceptors (Lipinski definition) is 2. The van der Waals surface area contributed by atoms with E-state index in [1.54, 1.807) is 0 Å². The van der Waals surface area contributed by atoms with Gasteiger partial charge >= 0.3 is 0 Å². The Morgan fingerprint density at radius 1 is 0.875 bits per heavy atom. The number of amides is 1. The third kappa shape index (κ3) is 10.6. The molecule has 1 amide bonds. The standard InChI is InChI=1S/C11H19Br2NO2/c12-8-10(15)6-4-2-1-3-5-7-14-11(16)9-13/h1-9H2,(H,14,16). The highest BCUT2D eigenvalue weighted by Crippen LogP contribution is 2.06. The first-order valence-electron chi connectivity index (χ1n) is 5.61. The van der Waals surface area contributed by atoms with Crippen LogP contribution in [0.25, 0.3) is 0 Å². The molecule has 0 heterocycles. The van der Waals surface area contributed by atoms with E-state index >= 15 is 0 Å². The molecule has 5 heteroatoms. The number of rotatable bonds is 10. The molecule has 0 saturated heterocycles. The van der Waals surface area contributed by atoms with E-state index < -0.39 is 0 Å². The summed E-state index contributed by atoms with van der Waals surface area (Å²) in [6, 6.07) is 0. The second-order valence-electron chi connectivity index (χ2n) is 3.67. The zero-order chi connectivity index (χ0) is 12.2. The summed E-state index contributed by atoms with van der Waals surface area (Å²) in [5, 5.41) is 3.66. The fourth-order valence-corrected chi connectivity index (χ4v) is 1.80. The predicted octanol–water partition coefficient (Wildman–Crippen LogP) is 2.80. The monoisotopic (exact) mass is 355 g/mol. The molecule has 1 N–H and O–H groups in total. The number of nitrogens with one attached hydrogen (secondary N) is 1. The fraction of sp³-hybridized carbons (Fsp3) is 0.818. The van der Waals surface area contributed by atoms with E-state index in [0.29, 0.717) is 17.1 Å². The molecule has 0 aromatic rings. The first-order chi connectivity index (χ1) is 7.70. The van der Waals surface area contributed by atoms with Crippen LogP contribution in [0.4, 0.5) is 0 Å². The van der Waals surface area contributed by atoms with Crippen molar-refractivity contribution in [1.82, 2.24) is 5.32 Å². The molecule has 0 aromatic heterocycles. The minimum atomic E-state index is 0.0444. The van der Waals surface area contributed by atoms with Gasteiger partial charge in [0.1, 0.15) is 5.78 Å². The van der Waals surface area contributed by atoms with Gasteiger partial charge in [-0.2, -0.15) is 0 Å². The van der Waals surface area contributed by atoms with Crippen LogP contribution in [-0.2, 0) is 9.59 Å². The maximum atomic E-state index is 11.0. The molecule has 0 aromatic carbocycles. The third-order valence-corrected chi connectivity index (χ3v) is 3.36. The first kappa shape index (κ1) is 16.1. The number of carbonyl (C=O) groups is 2. The van der Waals surface area contributed by atoms with Crippen molar-refractivity contribution in [2.45, 2.75) is 38.5 Å². The number of halogens is 2. The summed E-state index contributed by atoms with van der Waals surface area (Å²) < 4.78 is 0. The summed E-state index contributed by atoms with van der Waals surface area (Å²) in [5.74, 6) is 0.326. The molecule has 0 aliphatic heterocycles. The lowest BCUT2D eigenvalue weighted by molar-refractivity contribution is -0.118. The number of alkyl halides is 2. The SMILES string of the molecule is O=C(CBr)CCCCCCCNC(=O)CBr. The van der Waals surface area contributed by atoms with E-state index in [1.165, 1.54) is 0 Å². The van der Waals surface area contributed by atoms with Crippen molar-refractivity contribution in [3.63, 3.8) is 0 Å². The van der Waals surface area contributed by atoms with Gasteiger partial charge < -0.3 is 5.32 Å². The van der Waals surface area contributed by atoms with Gasteiger partial charge in [-0.15, -0.1) is 0 Å². The minimum absolute atomic E-state index is 0.0444. The second-order valence-corrected chi connectivity index (χ2v) is 4.80. The van der Waals surface area contributed by atoms with Crippen molar-refractivity contribution >= 4 is 43.6 Å². The average molecular weight is 357 g/mol. The Morgan fingerprint density at radius 3 is 2.12 bits per heavy atom. The van der Waals surface area contributed by atoms with Crippen LogP contribution >= 0.6 is 31.9 Å². The van der Waals surface area contributed by atoms with Crippen LogP contribution in [0.3, 0.4) is 0 Å². The van der Waals surface area contributed by atoms with E-state index in [2.05, 4.69) is 37.2 Å². The summed E-state index contributed by atoms with van der Waals surface area (Å²) in [6.07, 6.45) is 6.05. The van der Waals surface area contributed by atoms with Gasteiger partial charge in [0.25, 0.3) is 0 Å². The molecule has 0 saturated carbocycles. The van der Waals surface area contributed by atoms with Crippen LogP contribution in [-0.4, -0.2) is 28.9 Å². The largest absolute Gasteiger partial charge is 0.355 e. The lowest BCUT2D eigenvalue weighted by atomic mass is 10.1. The lowest BCUT2D eigenvalue weighted by Crippen LogP contribution is -2.25. The van der Waals surface area contributed by atoms with Crippen LogP contribution < -0.4 is 5.32 Å². The Morgan fingerprint density at radius 2 is 1.50 bits per heavy atom. The zero-order valence-electron chi connectivity index (χ0n) is 9.44. The van der Waals surface area contributed by atoms with Crippen molar-refractivity contribution in [2.75, 3.05) is 17.2 Å². The molecule has 0 unspecified atom stereocenters. The quantitative estimate of drug-likeness (QED) is 0.483. The van der Waals surface area contributed by atoms with E-state index in [1.807, 2.05) is 0 Å². The number of carbonyl (C=O) groups excluding carboxylic acids is 2. The van der Waals surface area contributed by atoms with Gasteiger partial charge in [0.05, 0.1) is 10.7 Å². The molecule has 0 aliphatic carbocycles. The molecule has 0 fully saturated rings. The molecular weight excluding hydrogens is 338 g/mol. The molecule has 16 heavy (non-hydrogen) atoms. The third-order valence-electron chi connectivity index (χ3n) is 2.22. The summed E-state index contributed by atoms with van der Waals surface area (Å²) >= 11 is 6.24. The van der Waals surface area contributed by atoms with E-state index in [0.717, 1.165) is 38.6 Å². The highest BCUT2D eigenvalue weighted by atomic mass is 79.9. The number of unbranched alkanes of at least 4 members (excludes halogenated alkanes) is 4. The number of hydrogen-bond donors (Lipinski definition) is 1. The van der Waals surface area contributed by atoms with E-state index in [4.69, 9.17) is 0 Å². The van der Waals surface area contributed by atoms with Crippen LogP contribution in [0.5, 0.6) is 0 Å². The highest BCUT2D eigenvalue weighted by Gasteiger charge is 1.99. The van der Waals surface area contributed by atoms with Crippen molar-refractivity contribution in [2.24, 2.45) is 0 Å². The molecule has 0 rings (SSSR count). The predicted molar refractivity (Wildman–Crippen MR) is 73.3 cm³/mol. The summed E-state index contributed by atoms with van der Waals surface area (Å²) in [4.78, 5) is 21.8. The molecule has 0 bridgehead atoms. The second kappa shape index (κ2) is 11.6. The Bertz CT molecular complexity index is 188. The molecule has 0 radical (unpaired) electrons. The van der Waals surface area contributed by atoms with Crippen LogP contribution in [0.15, 0.2) is 0 Å². The van der Waals surface area contributed by atoms with Crippen molar-refractivity contribution in [1.29, 1.82) is 0 Å². The zero-order valence-corrected chi connectivity index (χ0v) is 12.6. The minimum Gasteiger partial charge on any atom is -0.355 e. The van der Waals surface area contributed by atoms with Crippen molar-refractivity contribution in [3.8, 4) is 0 Å². The van der Waals surface area contributed by atoms with Gasteiger partial charge in [-0.3, -0.25) is 9.59 Å². The lowest BCUT2D eigenvalue weighted by Gasteiger charge is -2.03. The van der Waals surface area contributed by atoms with Gasteiger partial charge in [0.15, 0.2) is 0 Å². The molecule has 0 atom stereocenters. The van der Waals surface area contributed by atoms with Gasteiger partial charge in [0, 0.05) is 13.0 Å². The van der Waals surface area contributed by atoms with Crippen LogP contribution in [0, 0.1) is 0 Å². The normalized spacial score (nSPS) is 10.1. The Kier molecular flexibility index (Phi) is 11.7. The summed E-state index contributed by atoms with van der Waals surface area (Å²) in [5.41, 5.74) is 0. The van der Waals surface area contributed by atoms with E-state index in [9.17, 15) is 9.59 Å². The maximum absolute atomic E-state index is 11.0. The number of Topliss-reactive ketones (excluding diaryl/α,β-unsaturated/α-hetero) is 1. The number of ketones is 1. The molecular formula is C11H19Br2NO2. The highest BCUT2D eigenvalue weighted by molar-refractivity contribution is 9.09. The molecule has 3 nitrogen and oxygen atoms in total. The summed E-state index contributed by atoms with van der Waals surface area (Å²) in [7, 11) is 0. The smallest absolute Gasteiger partial charge is 0.230 e. The Labute approximate surface area is 114 Å². The van der Waals surface area contributed by atoms with Crippen LogP contribution in [0.1, 0.15) is 38.5 Å². The average Bonchev–Trinajstić information content (AvgIpc) is 2.31. The summed E-state index contributed by atoms with van der Waals surface area (Å²) in [6.45, 7) is 0.755. The van der Waals surface area contributed by atoms with Gasteiger partial charge in [0.2, 0.25) is 5.91 Å². The van der Waals surface area contributed by atoms with Gasteiger partial charge in [-0.05, 0) is 12.8 Å². The topological polar surface area (TPSA) is 46.2 Å². The van der Waals surface area contributed by atoms with Gasteiger partial charge in [-0.25, -0.2) is 0 Å². The maximum Gasteiger partial charge on any atom is 0.230 e. The van der Waals surface area contributed by atoms with Crippen molar-refractivity contribution < 1.29 is 9.59 Å². The van der Waals surface area contributed by atoms with E-state index in [-0.39, 0.29) is 11.7 Å². The van der Waals surface area contributed by atoms with Crippen molar-refractivity contribution in [3.05, 3.63) is 0 Å². The first-order valence-corrected chi connectivity index (χ1v) is 7.85. The van der Waals surface area contributed by atoms with Crippen LogP contribution in [0.2, 0.25) is 0 Å². The Hall–Kier alpha value is 0.1000. The molecule has 0 aliphatic rings.